The van der Waals surface area contributed by atoms with Crippen LogP contribution in [0.15, 0.2) is 59.5 Å². The van der Waals surface area contributed by atoms with Gasteiger partial charge in [0.05, 0.1) is 4.90 Å². The molecule has 150 valence electrons. The van der Waals surface area contributed by atoms with E-state index < -0.39 is 16.1 Å². The lowest BCUT2D eigenvalue weighted by molar-refractivity contribution is -0.123. The van der Waals surface area contributed by atoms with E-state index in [1.54, 1.807) is 36.4 Å². The molecule has 0 aliphatic heterocycles. The van der Waals surface area contributed by atoms with Crippen molar-refractivity contribution in [1.82, 2.24) is 10.6 Å². The normalized spacial score (nSPS) is 12.4. The van der Waals surface area contributed by atoms with Crippen LogP contribution in [-0.4, -0.2) is 32.8 Å². The quantitative estimate of drug-likeness (QED) is 0.618. The zero-order chi connectivity index (χ0) is 20.7. The van der Waals surface area contributed by atoms with Crippen LogP contribution in [0.3, 0.4) is 0 Å². The largest absolute Gasteiger partial charge is 0.354 e. The highest BCUT2D eigenvalue weighted by atomic mass is 32.2. The lowest BCUT2D eigenvalue weighted by Crippen LogP contribution is -2.50. The number of carbonyl (C=O) groups is 2. The van der Waals surface area contributed by atoms with Crippen LogP contribution in [0.2, 0.25) is 0 Å². The molecule has 0 spiro atoms. The molecule has 0 heterocycles. The van der Waals surface area contributed by atoms with E-state index in [9.17, 15) is 18.0 Å². The third kappa shape index (κ3) is 6.17. The number of sulfonamides is 1. The highest BCUT2D eigenvalue weighted by Crippen LogP contribution is 2.09. The zero-order valence-corrected chi connectivity index (χ0v) is 16.7. The fraction of sp³-hybridized carbons (Fsp3) is 0.300. The minimum atomic E-state index is -3.72. The number of nitrogens with one attached hydrogen (secondary N) is 2. The maximum Gasteiger partial charge on any atom is 0.251 e. The van der Waals surface area contributed by atoms with Crippen molar-refractivity contribution in [2.75, 3.05) is 6.54 Å². The Kier molecular flexibility index (Phi) is 7.31. The second kappa shape index (κ2) is 9.48. The molecule has 0 aromatic heterocycles. The summed E-state index contributed by atoms with van der Waals surface area (Å²) in [5.41, 5.74) is 1.36. The van der Waals surface area contributed by atoms with Gasteiger partial charge in [0.15, 0.2) is 0 Å². The molecule has 0 bridgehead atoms. The summed E-state index contributed by atoms with van der Waals surface area (Å²) in [6.45, 7) is 4.08. The summed E-state index contributed by atoms with van der Waals surface area (Å²) in [5, 5.41) is 10.7. The number of benzene rings is 2. The molecule has 1 atom stereocenters. The zero-order valence-electron chi connectivity index (χ0n) is 15.9. The molecule has 7 nitrogen and oxygen atoms in total. The maximum absolute atomic E-state index is 12.5. The molecule has 0 aliphatic rings. The van der Waals surface area contributed by atoms with Crippen molar-refractivity contribution < 1.29 is 18.0 Å². The summed E-state index contributed by atoms with van der Waals surface area (Å²) >= 11 is 0. The smallest absolute Gasteiger partial charge is 0.251 e. The topological polar surface area (TPSA) is 118 Å². The van der Waals surface area contributed by atoms with Gasteiger partial charge in [0.25, 0.3) is 5.91 Å². The Balaban J connectivity index is 1.91. The predicted octanol–water partition coefficient (Wildman–Crippen LogP) is 1.45. The molecule has 2 amide bonds. The molecule has 0 saturated carbocycles. The number of rotatable bonds is 8. The van der Waals surface area contributed by atoms with Gasteiger partial charge in [-0.25, -0.2) is 13.6 Å². The first-order chi connectivity index (χ1) is 13.2. The van der Waals surface area contributed by atoms with E-state index in [4.69, 9.17) is 5.14 Å². The van der Waals surface area contributed by atoms with Crippen molar-refractivity contribution in [1.29, 1.82) is 0 Å². The monoisotopic (exact) mass is 403 g/mol. The molecule has 2 rings (SSSR count). The van der Waals surface area contributed by atoms with E-state index in [-0.39, 0.29) is 22.6 Å². The molecular formula is C20H25N3O4S. The number of amides is 2. The summed E-state index contributed by atoms with van der Waals surface area (Å²) < 4.78 is 22.5. The summed E-state index contributed by atoms with van der Waals surface area (Å²) in [5.74, 6) is -0.643. The van der Waals surface area contributed by atoms with Crippen LogP contribution in [0.5, 0.6) is 0 Å². The second-order valence-corrected chi connectivity index (χ2v) is 8.35. The standard InChI is InChI=1S/C20H25N3O4S/c1-14(2)18(23-19(24)16-6-4-3-5-7-16)20(25)22-13-12-15-8-10-17(11-9-15)28(21,26)27/h3-11,14,18H,12-13H2,1-2H3,(H,22,25)(H,23,24)(H2,21,26,27)/t18-/m0/s1. The fourth-order valence-corrected chi connectivity index (χ4v) is 3.15. The van der Waals surface area contributed by atoms with Crippen molar-refractivity contribution >= 4 is 21.8 Å². The van der Waals surface area contributed by atoms with E-state index in [2.05, 4.69) is 10.6 Å². The highest BCUT2D eigenvalue weighted by Gasteiger charge is 2.24. The Morgan fingerprint density at radius 1 is 1.00 bits per heavy atom. The van der Waals surface area contributed by atoms with Crippen molar-refractivity contribution in [3.05, 3.63) is 65.7 Å². The molecule has 2 aromatic carbocycles. The van der Waals surface area contributed by atoms with Crippen LogP contribution in [0, 0.1) is 5.92 Å². The molecule has 0 aliphatic carbocycles. The second-order valence-electron chi connectivity index (χ2n) is 6.79. The average Bonchev–Trinajstić information content (AvgIpc) is 2.66. The summed E-state index contributed by atoms with van der Waals surface area (Å²) in [6.07, 6.45) is 0.522. The first-order valence-corrected chi connectivity index (χ1v) is 10.5. The van der Waals surface area contributed by atoms with Gasteiger partial charge < -0.3 is 10.6 Å². The summed E-state index contributed by atoms with van der Waals surface area (Å²) in [7, 11) is -3.72. The van der Waals surface area contributed by atoms with Gasteiger partial charge in [0, 0.05) is 12.1 Å². The van der Waals surface area contributed by atoms with Crippen molar-refractivity contribution in [2.45, 2.75) is 31.2 Å². The first kappa shape index (κ1) is 21.6. The van der Waals surface area contributed by atoms with Gasteiger partial charge in [-0.1, -0.05) is 44.2 Å². The minimum Gasteiger partial charge on any atom is -0.354 e. The molecular weight excluding hydrogens is 378 g/mol. The van der Waals surface area contributed by atoms with Crippen molar-refractivity contribution in [2.24, 2.45) is 11.1 Å². The van der Waals surface area contributed by atoms with Gasteiger partial charge in [0.1, 0.15) is 6.04 Å². The maximum atomic E-state index is 12.5. The number of hydrogen-bond donors (Lipinski definition) is 3. The highest BCUT2D eigenvalue weighted by molar-refractivity contribution is 7.89. The van der Waals surface area contributed by atoms with E-state index in [1.807, 2.05) is 19.9 Å². The predicted molar refractivity (Wildman–Crippen MR) is 107 cm³/mol. The molecule has 8 heteroatoms. The average molecular weight is 404 g/mol. The van der Waals surface area contributed by atoms with Crippen molar-refractivity contribution in [3.8, 4) is 0 Å². The Hall–Kier alpha value is -2.71. The SMILES string of the molecule is CC(C)[C@H](NC(=O)c1ccccc1)C(=O)NCCc1ccc(S(N)(=O)=O)cc1. The van der Waals surface area contributed by atoms with Crippen molar-refractivity contribution in [3.63, 3.8) is 0 Å². The Bertz CT molecular complexity index is 910. The molecule has 2 aromatic rings. The number of carbonyl (C=O) groups excluding carboxylic acids is 2. The molecule has 28 heavy (non-hydrogen) atoms. The van der Waals surface area contributed by atoms with Crippen LogP contribution in [0.25, 0.3) is 0 Å². The van der Waals surface area contributed by atoms with Gasteiger partial charge >= 0.3 is 0 Å². The molecule has 0 saturated heterocycles. The van der Waals surface area contributed by atoms with E-state index in [0.717, 1.165) is 5.56 Å². The number of primary sulfonamides is 1. The van der Waals surface area contributed by atoms with E-state index in [0.29, 0.717) is 18.5 Å². The first-order valence-electron chi connectivity index (χ1n) is 8.94. The molecule has 4 N–H and O–H groups in total. The Morgan fingerprint density at radius 2 is 1.61 bits per heavy atom. The van der Waals surface area contributed by atoms with Crippen LogP contribution in [0.4, 0.5) is 0 Å². The fourth-order valence-electron chi connectivity index (χ4n) is 2.63. The molecule has 0 radical (unpaired) electrons. The van der Waals surface area contributed by atoms with Crippen LogP contribution in [-0.2, 0) is 21.2 Å². The van der Waals surface area contributed by atoms with Gasteiger partial charge in [0.2, 0.25) is 15.9 Å². The van der Waals surface area contributed by atoms with Gasteiger partial charge in [-0.15, -0.1) is 0 Å². The van der Waals surface area contributed by atoms with Crippen LogP contribution < -0.4 is 15.8 Å². The van der Waals surface area contributed by atoms with Crippen LogP contribution in [0.1, 0.15) is 29.8 Å². The van der Waals surface area contributed by atoms with Gasteiger partial charge in [-0.2, -0.15) is 0 Å². The number of hydrogen-bond acceptors (Lipinski definition) is 4. The van der Waals surface area contributed by atoms with E-state index in [1.165, 1.54) is 12.1 Å². The third-order valence-electron chi connectivity index (χ3n) is 4.24. The lowest BCUT2D eigenvalue weighted by atomic mass is 10.0. The molecule has 0 unspecified atom stereocenters. The Labute approximate surface area is 165 Å². The van der Waals surface area contributed by atoms with Gasteiger partial charge in [-0.3, -0.25) is 9.59 Å². The van der Waals surface area contributed by atoms with Gasteiger partial charge in [-0.05, 0) is 42.2 Å². The molecule has 0 fully saturated rings. The van der Waals surface area contributed by atoms with E-state index >= 15 is 0 Å². The lowest BCUT2D eigenvalue weighted by Gasteiger charge is -2.21. The Morgan fingerprint density at radius 3 is 2.14 bits per heavy atom. The van der Waals surface area contributed by atoms with Crippen LogP contribution >= 0.6 is 0 Å². The third-order valence-corrected chi connectivity index (χ3v) is 5.17. The minimum absolute atomic E-state index is 0.0452. The summed E-state index contributed by atoms with van der Waals surface area (Å²) in [6, 6.07) is 14.3. The summed E-state index contributed by atoms with van der Waals surface area (Å²) in [4.78, 5) is 24.9. The number of nitrogens with two attached hydrogens (primary N) is 1.